The van der Waals surface area contributed by atoms with Crippen molar-refractivity contribution in [2.45, 2.75) is 57.0 Å². The molecule has 0 saturated carbocycles. The van der Waals surface area contributed by atoms with Crippen LogP contribution >= 0.6 is 0 Å². The summed E-state index contributed by atoms with van der Waals surface area (Å²) in [6.07, 6.45) is -1.19. The molecule has 0 spiro atoms. The average molecular weight is 520 g/mol. The summed E-state index contributed by atoms with van der Waals surface area (Å²) in [6.45, 7) is 7.11. The van der Waals surface area contributed by atoms with E-state index in [1.165, 1.54) is 7.11 Å². The Morgan fingerprint density at radius 3 is 1.97 bits per heavy atom. The maximum atomic E-state index is 12.6. The molecule has 0 radical (unpaired) electrons. The monoisotopic (exact) mass is 519 g/mol. The zero-order valence-electron chi connectivity index (χ0n) is 22.0. The highest BCUT2D eigenvalue weighted by molar-refractivity contribution is 6.99. The molecule has 0 amide bonds. The van der Waals surface area contributed by atoms with Crippen molar-refractivity contribution in [3.8, 4) is 0 Å². The summed E-state index contributed by atoms with van der Waals surface area (Å²) in [5.74, 6) is -0.376. The van der Waals surface area contributed by atoms with Crippen molar-refractivity contribution in [2.75, 3.05) is 13.7 Å². The number of aliphatic hydroxyl groups excluding tert-OH is 1. The van der Waals surface area contributed by atoms with Crippen LogP contribution in [-0.2, 0) is 25.3 Å². The van der Waals surface area contributed by atoms with E-state index in [2.05, 4.69) is 45.0 Å². The summed E-state index contributed by atoms with van der Waals surface area (Å²) in [7, 11) is -1.43. The molecule has 6 nitrogen and oxygen atoms in total. The van der Waals surface area contributed by atoms with Gasteiger partial charge < -0.3 is 14.3 Å². The predicted octanol–water partition coefficient (Wildman–Crippen LogP) is 3.67. The molecule has 1 fully saturated rings. The number of nitrogens with zero attached hydrogens (tertiary/aromatic N) is 1. The van der Waals surface area contributed by atoms with Crippen molar-refractivity contribution in [1.29, 1.82) is 0 Å². The van der Waals surface area contributed by atoms with E-state index in [0.29, 0.717) is 13.0 Å². The molecule has 196 valence electrons. The molecule has 1 N–H and O–H groups in total. The molecule has 0 aliphatic carbocycles. The lowest BCUT2D eigenvalue weighted by molar-refractivity contribution is -0.201. The largest absolute Gasteiger partial charge is 0.468 e. The van der Waals surface area contributed by atoms with E-state index >= 15 is 0 Å². The Labute approximate surface area is 220 Å². The third-order valence-electron chi connectivity index (χ3n) is 7.05. The highest BCUT2D eigenvalue weighted by atomic mass is 28.4. The second kappa shape index (κ2) is 11.7. The molecule has 0 aromatic heterocycles. The van der Waals surface area contributed by atoms with Crippen LogP contribution in [0, 0.1) is 0 Å². The molecule has 3 aromatic rings. The highest BCUT2D eigenvalue weighted by Crippen LogP contribution is 2.37. The third-order valence-corrected chi connectivity index (χ3v) is 12.0. The van der Waals surface area contributed by atoms with E-state index in [1.807, 2.05) is 66.7 Å². The van der Waals surface area contributed by atoms with E-state index in [-0.39, 0.29) is 17.6 Å². The molecule has 0 unspecified atom stereocenters. The van der Waals surface area contributed by atoms with E-state index < -0.39 is 26.6 Å². The van der Waals surface area contributed by atoms with Crippen LogP contribution in [0.15, 0.2) is 91.0 Å². The van der Waals surface area contributed by atoms with Crippen molar-refractivity contribution in [2.24, 2.45) is 0 Å². The van der Waals surface area contributed by atoms with Gasteiger partial charge in [-0.25, -0.2) is 0 Å². The van der Waals surface area contributed by atoms with E-state index in [0.717, 1.165) is 15.9 Å². The smallest absolute Gasteiger partial charge is 0.325 e. The molecule has 1 heterocycles. The first-order chi connectivity index (χ1) is 17.8. The second-order valence-electron chi connectivity index (χ2n) is 10.5. The fourth-order valence-electron chi connectivity index (χ4n) is 5.20. The van der Waals surface area contributed by atoms with E-state index in [4.69, 9.17) is 14.0 Å². The first-order valence-electron chi connectivity index (χ1n) is 12.7. The van der Waals surface area contributed by atoms with Gasteiger partial charge in [-0.15, -0.1) is 0 Å². The summed E-state index contributed by atoms with van der Waals surface area (Å²) in [4.78, 5) is 18.7. The van der Waals surface area contributed by atoms with Gasteiger partial charge in [-0.05, 0) is 21.0 Å². The van der Waals surface area contributed by atoms with Gasteiger partial charge in [-0.1, -0.05) is 112 Å². The normalized spacial score (nSPS) is 19.5. The lowest BCUT2D eigenvalue weighted by Gasteiger charge is -2.43. The predicted molar refractivity (Wildman–Crippen MR) is 147 cm³/mol. The number of carbonyl (C=O) groups excluding carboxylic acids is 1. The first-order valence-corrected chi connectivity index (χ1v) is 14.7. The summed E-state index contributed by atoms with van der Waals surface area (Å²) < 4.78 is 11.9. The van der Waals surface area contributed by atoms with Crippen LogP contribution in [0.2, 0.25) is 5.04 Å². The number of aliphatic hydroxyl groups is 1. The molecular weight excluding hydrogens is 482 g/mol. The Bertz CT molecular complexity index is 1100. The standard InChI is InChI=1S/C30H37NO5Si/c1-30(2,3)37(24-16-10-6-11-17-24,25-18-12-7-13-19-25)35-22-27(32)28-20-26(29(33)34-4)31(36-28)21-23-14-8-5-9-15-23/h5-19,26-28,32H,20-22H2,1-4H3/t26-,27-,28-/m0/s1. The highest BCUT2D eigenvalue weighted by Gasteiger charge is 2.51. The molecule has 37 heavy (non-hydrogen) atoms. The van der Waals surface area contributed by atoms with Crippen molar-refractivity contribution < 1.29 is 23.9 Å². The van der Waals surface area contributed by atoms with Gasteiger partial charge in [-0.2, -0.15) is 5.06 Å². The zero-order valence-corrected chi connectivity index (χ0v) is 23.0. The van der Waals surface area contributed by atoms with Gasteiger partial charge in [0.25, 0.3) is 8.32 Å². The minimum absolute atomic E-state index is 0.0883. The second-order valence-corrected chi connectivity index (χ2v) is 14.8. The maximum Gasteiger partial charge on any atom is 0.325 e. The molecule has 1 aliphatic rings. The van der Waals surface area contributed by atoms with Gasteiger partial charge in [0.1, 0.15) is 18.2 Å². The van der Waals surface area contributed by atoms with Crippen LogP contribution in [0.5, 0.6) is 0 Å². The Kier molecular flexibility index (Phi) is 8.62. The number of methoxy groups -OCH3 is 1. The van der Waals surface area contributed by atoms with Gasteiger partial charge in [0, 0.05) is 6.42 Å². The summed E-state index contributed by atoms with van der Waals surface area (Å²) >= 11 is 0. The van der Waals surface area contributed by atoms with E-state index in [1.54, 1.807) is 5.06 Å². The Hall–Kier alpha value is -2.81. The van der Waals surface area contributed by atoms with Gasteiger partial charge >= 0.3 is 5.97 Å². The maximum absolute atomic E-state index is 12.6. The van der Waals surface area contributed by atoms with Crippen LogP contribution in [-0.4, -0.2) is 56.4 Å². The molecular formula is C30H37NO5Si. The number of hydrogen-bond donors (Lipinski definition) is 1. The van der Waals surface area contributed by atoms with Crippen molar-refractivity contribution in [1.82, 2.24) is 5.06 Å². The number of esters is 1. The number of rotatable bonds is 9. The van der Waals surface area contributed by atoms with Crippen LogP contribution in [0.1, 0.15) is 32.8 Å². The van der Waals surface area contributed by atoms with Crippen molar-refractivity contribution >= 4 is 24.7 Å². The summed E-state index contributed by atoms with van der Waals surface area (Å²) in [6, 6.07) is 29.8. The SMILES string of the molecule is COC(=O)[C@@H]1C[C@@H]([C@@H](O)CO[Si](c2ccccc2)(c2ccccc2)C(C)(C)C)ON1Cc1ccccc1. The summed E-state index contributed by atoms with van der Waals surface area (Å²) in [5, 5.41) is 15.0. The van der Waals surface area contributed by atoms with Crippen LogP contribution < -0.4 is 10.4 Å². The van der Waals surface area contributed by atoms with Gasteiger partial charge in [0.15, 0.2) is 0 Å². The quantitative estimate of drug-likeness (QED) is 0.344. The number of ether oxygens (including phenoxy) is 1. The van der Waals surface area contributed by atoms with Crippen LogP contribution in [0.3, 0.4) is 0 Å². The molecule has 0 bridgehead atoms. The lowest BCUT2D eigenvalue weighted by Crippen LogP contribution is -2.67. The Morgan fingerprint density at radius 1 is 0.973 bits per heavy atom. The van der Waals surface area contributed by atoms with E-state index in [9.17, 15) is 9.90 Å². The fraction of sp³-hybridized carbons (Fsp3) is 0.367. The Morgan fingerprint density at radius 2 is 1.49 bits per heavy atom. The minimum Gasteiger partial charge on any atom is -0.468 e. The molecule has 3 aromatic carbocycles. The van der Waals surface area contributed by atoms with Crippen molar-refractivity contribution in [3.63, 3.8) is 0 Å². The van der Waals surface area contributed by atoms with Crippen LogP contribution in [0.4, 0.5) is 0 Å². The van der Waals surface area contributed by atoms with Crippen molar-refractivity contribution in [3.05, 3.63) is 96.6 Å². The lowest BCUT2D eigenvalue weighted by atomic mass is 10.1. The molecule has 7 heteroatoms. The summed E-state index contributed by atoms with van der Waals surface area (Å²) in [5.41, 5.74) is 1.01. The topological polar surface area (TPSA) is 68.2 Å². The zero-order chi connectivity index (χ0) is 26.5. The minimum atomic E-state index is -2.81. The molecule has 4 rings (SSSR count). The van der Waals surface area contributed by atoms with Crippen LogP contribution in [0.25, 0.3) is 0 Å². The van der Waals surface area contributed by atoms with Gasteiger partial charge in [-0.3, -0.25) is 9.63 Å². The Balaban J connectivity index is 1.58. The van der Waals surface area contributed by atoms with Gasteiger partial charge in [0.05, 0.1) is 20.3 Å². The average Bonchev–Trinajstić information content (AvgIpc) is 3.33. The number of hydroxylamine groups is 2. The number of benzene rings is 3. The fourth-order valence-corrected chi connectivity index (χ4v) is 9.77. The van der Waals surface area contributed by atoms with Gasteiger partial charge in [0.2, 0.25) is 0 Å². The first kappa shape index (κ1) is 27.2. The molecule has 1 aliphatic heterocycles. The molecule has 1 saturated heterocycles. The number of hydrogen-bond acceptors (Lipinski definition) is 6. The molecule has 3 atom stereocenters. The number of carbonyl (C=O) groups is 1. The third kappa shape index (κ3) is 5.86.